The molecule has 16 heavy (non-hydrogen) atoms. The first kappa shape index (κ1) is 9.16. The van der Waals surface area contributed by atoms with Crippen molar-refractivity contribution < 1.29 is 9.67 Å². The maximum atomic E-state index is 9.46. The number of hydrogen-bond acceptors (Lipinski definition) is 1. The van der Waals surface area contributed by atoms with Gasteiger partial charge in [0.15, 0.2) is 6.20 Å². The molecule has 0 atom stereocenters. The Morgan fingerprint density at radius 1 is 1.00 bits per heavy atom. The zero-order chi connectivity index (χ0) is 11.1. The van der Waals surface area contributed by atoms with Gasteiger partial charge in [-0.25, -0.2) is 4.57 Å². The molecule has 3 aromatic rings. The molecule has 2 heteroatoms. The highest BCUT2D eigenvalue weighted by Crippen LogP contribution is 2.25. The molecule has 0 radical (unpaired) electrons. The van der Waals surface area contributed by atoms with E-state index < -0.39 is 0 Å². The van der Waals surface area contributed by atoms with E-state index in [0.717, 1.165) is 5.39 Å². The van der Waals surface area contributed by atoms with Crippen molar-refractivity contribution in [2.75, 3.05) is 0 Å². The molecule has 78 valence electrons. The number of phenols is 1. The van der Waals surface area contributed by atoms with Crippen LogP contribution in [0.15, 0.2) is 48.7 Å². The Hall–Kier alpha value is -2.09. The summed E-state index contributed by atoms with van der Waals surface area (Å²) >= 11 is 0. The SMILES string of the molecule is C[n+]1cccc2ccc3cc(O)ccc3c21. The third kappa shape index (κ3) is 1.23. The number of hydrogen-bond donors (Lipinski definition) is 1. The summed E-state index contributed by atoms with van der Waals surface area (Å²) in [5.41, 5.74) is 1.19. The van der Waals surface area contributed by atoms with Gasteiger partial charge in [-0.2, -0.15) is 0 Å². The second kappa shape index (κ2) is 3.20. The van der Waals surface area contributed by atoms with Crippen LogP contribution < -0.4 is 4.57 Å². The van der Waals surface area contributed by atoms with Gasteiger partial charge in [0.05, 0.1) is 5.39 Å². The summed E-state index contributed by atoms with van der Waals surface area (Å²) in [6.07, 6.45) is 2.04. The van der Waals surface area contributed by atoms with Crippen LogP contribution in [0, 0.1) is 0 Å². The van der Waals surface area contributed by atoms with Crippen molar-refractivity contribution in [2.45, 2.75) is 0 Å². The second-order valence-corrected chi connectivity index (χ2v) is 4.03. The summed E-state index contributed by atoms with van der Waals surface area (Å²) < 4.78 is 2.11. The predicted molar refractivity (Wildman–Crippen MR) is 64.3 cm³/mol. The van der Waals surface area contributed by atoms with Gasteiger partial charge in [-0.1, -0.05) is 6.07 Å². The summed E-state index contributed by atoms with van der Waals surface area (Å²) in [5.74, 6) is 0.311. The van der Waals surface area contributed by atoms with E-state index in [-0.39, 0.29) is 0 Å². The van der Waals surface area contributed by atoms with Crippen molar-refractivity contribution in [1.82, 2.24) is 0 Å². The molecule has 0 saturated carbocycles. The zero-order valence-electron chi connectivity index (χ0n) is 9.01. The van der Waals surface area contributed by atoms with E-state index in [1.54, 1.807) is 12.1 Å². The van der Waals surface area contributed by atoms with Gasteiger partial charge in [-0.05, 0) is 35.7 Å². The van der Waals surface area contributed by atoms with Crippen molar-refractivity contribution in [3.05, 3.63) is 48.7 Å². The normalized spacial score (nSPS) is 11.1. The van der Waals surface area contributed by atoms with Crippen molar-refractivity contribution in [1.29, 1.82) is 0 Å². The van der Waals surface area contributed by atoms with Crippen LogP contribution in [0.1, 0.15) is 0 Å². The lowest BCUT2D eigenvalue weighted by Crippen LogP contribution is -2.28. The Morgan fingerprint density at radius 3 is 2.69 bits per heavy atom. The Balaban J connectivity index is 2.58. The van der Waals surface area contributed by atoms with E-state index in [9.17, 15) is 5.11 Å². The van der Waals surface area contributed by atoms with Crippen LogP contribution in [0.3, 0.4) is 0 Å². The number of pyridine rings is 1. The molecule has 0 amide bonds. The fourth-order valence-corrected chi connectivity index (χ4v) is 2.20. The number of aromatic nitrogens is 1. The number of benzene rings is 2. The highest BCUT2D eigenvalue weighted by atomic mass is 16.3. The molecule has 0 unspecified atom stereocenters. The lowest BCUT2D eigenvalue weighted by atomic mass is 10.1. The minimum absolute atomic E-state index is 0.311. The fourth-order valence-electron chi connectivity index (χ4n) is 2.20. The minimum Gasteiger partial charge on any atom is -0.508 e. The van der Waals surface area contributed by atoms with E-state index in [1.165, 1.54) is 16.3 Å². The van der Waals surface area contributed by atoms with Crippen molar-refractivity contribution in [3.63, 3.8) is 0 Å². The third-order valence-electron chi connectivity index (χ3n) is 2.94. The van der Waals surface area contributed by atoms with E-state index in [1.807, 2.05) is 31.4 Å². The van der Waals surface area contributed by atoms with Gasteiger partial charge in [0.2, 0.25) is 5.52 Å². The monoisotopic (exact) mass is 210 g/mol. The third-order valence-corrected chi connectivity index (χ3v) is 2.94. The van der Waals surface area contributed by atoms with Crippen LogP contribution in [-0.4, -0.2) is 5.11 Å². The average Bonchev–Trinajstić information content (AvgIpc) is 2.29. The van der Waals surface area contributed by atoms with E-state index in [4.69, 9.17) is 0 Å². The average molecular weight is 210 g/mol. The van der Waals surface area contributed by atoms with Crippen LogP contribution in [0.5, 0.6) is 5.75 Å². The molecule has 0 fully saturated rings. The molecule has 1 N–H and O–H groups in total. The highest BCUT2D eigenvalue weighted by Gasteiger charge is 2.09. The standard InChI is InChI=1S/C14H11NO/c1-15-8-2-3-10-4-5-11-9-12(16)6-7-13(11)14(10)15/h2-9H,1H3/p+1. The van der Waals surface area contributed by atoms with Gasteiger partial charge in [-0.15, -0.1) is 0 Å². The van der Waals surface area contributed by atoms with Gasteiger partial charge >= 0.3 is 0 Å². The summed E-state index contributed by atoms with van der Waals surface area (Å²) in [5, 5.41) is 12.9. The maximum absolute atomic E-state index is 9.46. The zero-order valence-corrected chi connectivity index (χ0v) is 9.01. The quantitative estimate of drug-likeness (QED) is 0.447. The van der Waals surface area contributed by atoms with E-state index >= 15 is 0 Å². The van der Waals surface area contributed by atoms with E-state index in [0.29, 0.717) is 5.75 Å². The predicted octanol–water partition coefficient (Wildman–Crippen LogP) is 2.52. The Morgan fingerprint density at radius 2 is 1.81 bits per heavy atom. The van der Waals surface area contributed by atoms with Crippen molar-refractivity contribution >= 4 is 21.7 Å². The van der Waals surface area contributed by atoms with Crippen molar-refractivity contribution in [2.24, 2.45) is 7.05 Å². The first-order valence-corrected chi connectivity index (χ1v) is 5.26. The van der Waals surface area contributed by atoms with Crippen LogP contribution in [0.4, 0.5) is 0 Å². The first-order valence-electron chi connectivity index (χ1n) is 5.26. The molecule has 0 spiro atoms. The Kier molecular flexibility index (Phi) is 1.83. The maximum Gasteiger partial charge on any atom is 0.220 e. The van der Waals surface area contributed by atoms with Crippen molar-refractivity contribution in [3.8, 4) is 5.75 Å². The highest BCUT2D eigenvalue weighted by molar-refractivity contribution is 6.03. The number of rotatable bonds is 0. The molecule has 0 aliphatic heterocycles. The van der Waals surface area contributed by atoms with Gasteiger partial charge in [0, 0.05) is 11.5 Å². The van der Waals surface area contributed by atoms with E-state index in [2.05, 4.69) is 16.7 Å². The molecular weight excluding hydrogens is 198 g/mol. The largest absolute Gasteiger partial charge is 0.508 e. The topological polar surface area (TPSA) is 24.1 Å². The Bertz CT molecular complexity index is 689. The molecule has 2 nitrogen and oxygen atoms in total. The number of aryl methyl sites for hydroxylation is 1. The van der Waals surface area contributed by atoms with Crippen LogP contribution in [0.25, 0.3) is 21.7 Å². The van der Waals surface area contributed by atoms with Gasteiger partial charge in [0.25, 0.3) is 0 Å². The molecule has 0 aliphatic rings. The summed E-state index contributed by atoms with van der Waals surface area (Å²) in [7, 11) is 2.04. The lowest BCUT2D eigenvalue weighted by Gasteiger charge is -2.02. The molecule has 1 heterocycles. The summed E-state index contributed by atoms with van der Waals surface area (Å²) in [6, 6.07) is 13.7. The number of phenolic OH excluding ortho intramolecular Hbond substituents is 1. The summed E-state index contributed by atoms with van der Waals surface area (Å²) in [4.78, 5) is 0. The minimum atomic E-state index is 0.311. The first-order chi connectivity index (χ1) is 7.75. The van der Waals surface area contributed by atoms with Gasteiger partial charge in [0.1, 0.15) is 12.8 Å². The molecule has 0 aliphatic carbocycles. The number of nitrogens with zero attached hydrogens (tertiary/aromatic N) is 1. The van der Waals surface area contributed by atoms with Gasteiger partial charge < -0.3 is 5.11 Å². The fraction of sp³-hybridized carbons (Fsp3) is 0.0714. The number of aromatic hydroxyl groups is 1. The smallest absolute Gasteiger partial charge is 0.220 e. The van der Waals surface area contributed by atoms with Crippen LogP contribution in [-0.2, 0) is 7.05 Å². The van der Waals surface area contributed by atoms with Crippen LogP contribution in [0.2, 0.25) is 0 Å². The second-order valence-electron chi connectivity index (χ2n) is 4.03. The molecule has 3 rings (SSSR count). The lowest BCUT2D eigenvalue weighted by molar-refractivity contribution is -0.644. The molecule has 0 saturated heterocycles. The summed E-state index contributed by atoms with van der Waals surface area (Å²) in [6.45, 7) is 0. The molecule has 2 aromatic carbocycles. The number of fused-ring (bicyclic) bond motifs is 3. The molecule has 0 bridgehead atoms. The Labute approximate surface area is 93.4 Å². The molecular formula is C14H12NO+. The van der Waals surface area contributed by atoms with Crippen LogP contribution >= 0.6 is 0 Å². The molecule has 1 aromatic heterocycles. The van der Waals surface area contributed by atoms with Gasteiger partial charge in [-0.3, -0.25) is 0 Å².